The van der Waals surface area contributed by atoms with Gasteiger partial charge < -0.3 is 15.7 Å². The molecule has 0 spiro atoms. The first kappa shape index (κ1) is 10.2. The normalized spacial score (nSPS) is 20.5. The van der Waals surface area contributed by atoms with E-state index in [0.29, 0.717) is 13.0 Å². The van der Waals surface area contributed by atoms with Crippen LogP contribution in [0, 0.1) is 0 Å². The van der Waals surface area contributed by atoms with Crippen LogP contribution in [-0.2, 0) is 4.74 Å². The fraction of sp³-hybridized carbons (Fsp3) is 0.857. The van der Waals surface area contributed by atoms with Crippen molar-refractivity contribution in [3.05, 3.63) is 0 Å². The van der Waals surface area contributed by atoms with E-state index in [1.165, 1.54) is 0 Å². The smallest absolute Gasteiger partial charge is 0.140 e. The van der Waals surface area contributed by atoms with Gasteiger partial charge in [0.2, 0.25) is 0 Å². The molecule has 0 aromatic heterocycles. The number of hydrogen-bond donors (Lipinski definition) is 3. The number of rotatable bonds is 4. The number of oxime groups is 1. The molecule has 4 N–H and O–H groups in total. The van der Waals surface area contributed by atoms with Crippen LogP contribution < -0.4 is 11.2 Å². The van der Waals surface area contributed by atoms with Gasteiger partial charge in [0.05, 0.1) is 13.2 Å². The maximum Gasteiger partial charge on any atom is 0.140 e. The van der Waals surface area contributed by atoms with Gasteiger partial charge in [-0.2, -0.15) is 0 Å². The van der Waals surface area contributed by atoms with Gasteiger partial charge in [0.1, 0.15) is 5.84 Å². The molecule has 0 aromatic rings. The van der Waals surface area contributed by atoms with E-state index in [0.717, 1.165) is 26.3 Å². The summed E-state index contributed by atoms with van der Waals surface area (Å²) in [4.78, 5) is 0. The van der Waals surface area contributed by atoms with Gasteiger partial charge in [-0.05, 0) is 0 Å². The monoisotopic (exact) mass is 188 g/mol. The molecule has 0 amide bonds. The van der Waals surface area contributed by atoms with Crippen molar-refractivity contribution in [1.82, 2.24) is 10.4 Å². The van der Waals surface area contributed by atoms with Crippen LogP contribution in [0.25, 0.3) is 0 Å². The summed E-state index contributed by atoms with van der Waals surface area (Å²) in [5.74, 6) is 0.251. The standard InChI is InChI=1S/C7H16N4O2/c8-7(10-12)1-2-9-11-3-5-13-6-4-11/h9,12H,1-6H2,(H2,8,10). The second-order valence-corrected chi connectivity index (χ2v) is 2.85. The molecule has 1 heterocycles. The van der Waals surface area contributed by atoms with E-state index in [1.54, 1.807) is 0 Å². The Morgan fingerprint density at radius 2 is 2.23 bits per heavy atom. The Labute approximate surface area is 77.3 Å². The van der Waals surface area contributed by atoms with Gasteiger partial charge in [0.25, 0.3) is 0 Å². The molecule has 0 saturated carbocycles. The molecule has 0 bridgehead atoms. The van der Waals surface area contributed by atoms with Crippen LogP contribution in [0.15, 0.2) is 5.16 Å². The molecule has 1 rings (SSSR count). The van der Waals surface area contributed by atoms with Gasteiger partial charge in [-0.1, -0.05) is 5.16 Å². The van der Waals surface area contributed by atoms with Gasteiger partial charge >= 0.3 is 0 Å². The van der Waals surface area contributed by atoms with Crippen molar-refractivity contribution >= 4 is 5.84 Å². The molecule has 1 aliphatic heterocycles. The number of hydrogen-bond acceptors (Lipinski definition) is 5. The minimum Gasteiger partial charge on any atom is -0.409 e. The number of morpholine rings is 1. The van der Waals surface area contributed by atoms with Gasteiger partial charge in [0.15, 0.2) is 0 Å². The molecule has 1 aliphatic rings. The Morgan fingerprint density at radius 3 is 2.85 bits per heavy atom. The Bertz CT molecular complexity index is 168. The topological polar surface area (TPSA) is 83.1 Å². The molecular weight excluding hydrogens is 172 g/mol. The molecule has 0 aliphatic carbocycles. The quantitative estimate of drug-likeness (QED) is 0.227. The number of amidine groups is 1. The van der Waals surface area contributed by atoms with Crippen LogP contribution in [0.3, 0.4) is 0 Å². The van der Waals surface area contributed by atoms with Crippen molar-refractivity contribution < 1.29 is 9.94 Å². The summed E-state index contributed by atoms with van der Waals surface area (Å²) in [5, 5.41) is 13.2. The first-order chi connectivity index (χ1) is 6.33. The van der Waals surface area contributed by atoms with E-state index in [4.69, 9.17) is 15.7 Å². The van der Waals surface area contributed by atoms with E-state index in [2.05, 4.69) is 15.6 Å². The fourth-order valence-electron chi connectivity index (χ4n) is 1.11. The zero-order valence-corrected chi connectivity index (χ0v) is 7.57. The highest BCUT2D eigenvalue weighted by Gasteiger charge is 2.08. The zero-order valence-electron chi connectivity index (χ0n) is 7.57. The van der Waals surface area contributed by atoms with Crippen molar-refractivity contribution in [2.45, 2.75) is 6.42 Å². The van der Waals surface area contributed by atoms with Crippen molar-refractivity contribution in [3.63, 3.8) is 0 Å². The highest BCUT2D eigenvalue weighted by atomic mass is 16.5. The predicted octanol–water partition coefficient (Wildman–Crippen LogP) is -1.04. The van der Waals surface area contributed by atoms with Crippen LogP contribution in [-0.4, -0.2) is 48.9 Å². The lowest BCUT2D eigenvalue weighted by Crippen LogP contribution is -2.46. The fourth-order valence-corrected chi connectivity index (χ4v) is 1.11. The van der Waals surface area contributed by atoms with Crippen molar-refractivity contribution in [2.75, 3.05) is 32.8 Å². The number of nitrogens with one attached hydrogen (secondary N) is 1. The highest BCUT2D eigenvalue weighted by Crippen LogP contribution is 1.92. The molecule has 0 unspecified atom stereocenters. The number of hydrazine groups is 1. The molecule has 13 heavy (non-hydrogen) atoms. The molecule has 0 atom stereocenters. The Balaban J connectivity index is 2.04. The van der Waals surface area contributed by atoms with E-state index in [9.17, 15) is 0 Å². The zero-order chi connectivity index (χ0) is 9.52. The first-order valence-electron chi connectivity index (χ1n) is 4.35. The molecule has 0 radical (unpaired) electrons. The Hall–Kier alpha value is -0.850. The molecule has 76 valence electrons. The second kappa shape index (κ2) is 5.74. The largest absolute Gasteiger partial charge is 0.409 e. The first-order valence-corrected chi connectivity index (χ1v) is 4.35. The second-order valence-electron chi connectivity index (χ2n) is 2.85. The van der Waals surface area contributed by atoms with Crippen LogP contribution in [0.2, 0.25) is 0 Å². The average Bonchev–Trinajstić information content (AvgIpc) is 2.19. The van der Waals surface area contributed by atoms with E-state index < -0.39 is 0 Å². The minimum absolute atomic E-state index is 0.251. The maximum absolute atomic E-state index is 8.27. The molecule has 1 saturated heterocycles. The number of ether oxygens (including phenoxy) is 1. The summed E-state index contributed by atoms with van der Waals surface area (Å²) in [5.41, 5.74) is 8.47. The van der Waals surface area contributed by atoms with Crippen LogP contribution in [0.5, 0.6) is 0 Å². The van der Waals surface area contributed by atoms with Crippen LogP contribution in [0.1, 0.15) is 6.42 Å². The van der Waals surface area contributed by atoms with E-state index in [-0.39, 0.29) is 5.84 Å². The van der Waals surface area contributed by atoms with Gasteiger partial charge in [-0.3, -0.25) is 5.43 Å². The maximum atomic E-state index is 8.27. The van der Waals surface area contributed by atoms with Crippen LogP contribution >= 0.6 is 0 Å². The Kier molecular flexibility index (Phi) is 4.52. The van der Waals surface area contributed by atoms with Crippen molar-refractivity contribution in [1.29, 1.82) is 0 Å². The molecule has 0 aromatic carbocycles. The lowest BCUT2D eigenvalue weighted by atomic mass is 10.4. The van der Waals surface area contributed by atoms with Gasteiger partial charge in [0, 0.05) is 26.1 Å². The van der Waals surface area contributed by atoms with Gasteiger partial charge in [-0.25, -0.2) is 5.01 Å². The van der Waals surface area contributed by atoms with Crippen molar-refractivity contribution in [3.8, 4) is 0 Å². The third kappa shape index (κ3) is 4.07. The molecular formula is C7H16N4O2. The van der Waals surface area contributed by atoms with Gasteiger partial charge in [-0.15, -0.1) is 0 Å². The Morgan fingerprint density at radius 1 is 1.54 bits per heavy atom. The third-order valence-electron chi connectivity index (χ3n) is 1.86. The lowest BCUT2D eigenvalue weighted by Gasteiger charge is -2.27. The molecule has 1 fully saturated rings. The summed E-state index contributed by atoms with van der Waals surface area (Å²) in [6.07, 6.45) is 0.549. The predicted molar refractivity (Wildman–Crippen MR) is 48.4 cm³/mol. The summed E-state index contributed by atoms with van der Waals surface area (Å²) in [7, 11) is 0. The molecule has 6 nitrogen and oxygen atoms in total. The number of nitrogens with zero attached hydrogens (tertiary/aromatic N) is 2. The number of nitrogens with two attached hydrogens (primary N) is 1. The summed E-state index contributed by atoms with van der Waals surface area (Å²) in [6, 6.07) is 0. The summed E-state index contributed by atoms with van der Waals surface area (Å²) >= 11 is 0. The average molecular weight is 188 g/mol. The third-order valence-corrected chi connectivity index (χ3v) is 1.86. The molecule has 6 heteroatoms. The van der Waals surface area contributed by atoms with E-state index >= 15 is 0 Å². The summed E-state index contributed by atoms with van der Waals surface area (Å²) < 4.78 is 5.18. The SMILES string of the molecule is NC(CCNN1CCOCC1)=NO. The van der Waals surface area contributed by atoms with E-state index in [1.807, 2.05) is 0 Å². The summed E-state index contributed by atoms with van der Waals surface area (Å²) in [6.45, 7) is 3.98. The lowest BCUT2D eigenvalue weighted by molar-refractivity contribution is 0.0126. The highest BCUT2D eigenvalue weighted by molar-refractivity contribution is 5.79. The minimum atomic E-state index is 0.251. The van der Waals surface area contributed by atoms with Crippen molar-refractivity contribution in [2.24, 2.45) is 10.9 Å². The van der Waals surface area contributed by atoms with Crippen LogP contribution in [0.4, 0.5) is 0 Å².